The number of hydrogen-bond acceptors (Lipinski definition) is 3. The molecule has 146 valence electrons. The molecule has 0 bridgehead atoms. The Bertz CT molecular complexity index is 926. The number of carbonyl (C=O) groups excluding carboxylic acids is 2. The number of carbonyl (C=O) groups is 2. The number of hydrogen-bond donors (Lipinski definition) is 1. The van der Waals surface area contributed by atoms with Gasteiger partial charge in [0, 0.05) is 5.02 Å². The fraction of sp³-hybridized carbons (Fsp3) is 0.333. The van der Waals surface area contributed by atoms with E-state index >= 15 is 0 Å². The Morgan fingerprint density at radius 1 is 0.929 bits per heavy atom. The van der Waals surface area contributed by atoms with Crippen LogP contribution in [0.2, 0.25) is 10.0 Å². The van der Waals surface area contributed by atoms with Gasteiger partial charge in [-0.1, -0.05) is 41.4 Å². The van der Waals surface area contributed by atoms with Crippen molar-refractivity contribution in [1.82, 2.24) is 0 Å². The maximum atomic E-state index is 13.1. The predicted molar refractivity (Wildman–Crippen MR) is 111 cm³/mol. The van der Waals surface area contributed by atoms with Crippen LogP contribution in [0.25, 0.3) is 0 Å². The minimum absolute atomic E-state index is 0.128. The smallest absolute Gasteiger partial charge is 0.292 e. The van der Waals surface area contributed by atoms with E-state index in [1.807, 2.05) is 31.2 Å². The zero-order valence-electron chi connectivity index (χ0n) is 15.6. The van der Waals surface area contributed by atoms with Gasteiger partial charge in [-0.25, -0.2) is 4.90 Å². The van der Waals surface area contributed by atoms with Crippen LogP contribution in [0.1, 0.15) is 12.0 Å². The van der Waals surface area contributed by atoms with E-state index in [1.54, 1.807) is 18.2 Å². The van der Waals surface area contributed by atoms with Gasteiger partial charge in [-0.2, -0.15) is 0 Å². The first kappa shape index (κ1) is 19.2. The monoisotopic (exact) mass is 418 g/mol. The number of imide groups is 1. The third-order valence-corrected chi connectivity index (χ3v) is 6.45. The summed E-state index contributed by atoms with van der Waals surface area (Å²) in [5.41, 5.74) is 2.37. The summed E-state index contributed by atoms with van der Waals surface area (Å²) in [6.07, 6.45) is 0.242. The molecule has 0 aliphatic carbocycles. The summed E-state index contributed by atoms with van der Waals surface area (Å²) in [5.74, 6) is -0.280. The maximum absolute atomic E-state index is 13.1. The molecule has 5 nitrogen and oxygen atoms in total. The lowest BCUT2D eigenvalue weighted by atomic mass is 10.1. The SMILES string of the molecule is Cc1c(Cl)cccc1N1C(=O)C[C@@H]([NH+]2CCN(c3ccccc3Cl)CC2)C1=O. The van der Waals surface area contributed by atoms with Gasteiger partial charge in [0.2, 0.25) is 5.91 Å². The third-order valence-electron chi connectivity index (χ3n) is 5.72. The Morgan fingerprint density at radius 3 is 2.29 bits per heavy atom. The van der Waals surface area contributed by atoms with Crippen molar-refractivity contribution in [2.24, 2.45) is 0 Å². The molecule has 2 saturated heterocycles. The van der Waals surface area contributed by atoms with Crippen LogP contribution in [0, 0.1) is 6.92 Å². The highest BCUT2D eigenvalue weighted by Gasteiger charge is 2.46. The number of quaternary nitrogens is 1. The van der Waals surface area contributed by atoms with Crippen molar-refractivity contribution in [2.45, 2.75) is 19.4 Å². The summed E-state index contributed by atoms with van der Waals surface area (Å²) in [6.45, 7) is 5.01. The number of halogens is 2. The molecule has 0 radical (unpaired) electrons. The highest BCUT2D eigenvalue weighted by Crippen LogP contribution is 2.30. The van der Waals surface area contributed by atoms with Crippen LogP contribution in [-0.2, 0) is 9.59 Å². The first-order chi connectivity index (χ1) is 13.5. The number of rotatable bonds is 3. The minimum Gasteiger partial charge on any atom is -0.359 e. The molecule has 28 heavy (non-hydrogen) atoms. The van der Waals surface area contributed by atoms with Crippen molar-refractivity contribution in [2.75, 3.05) is 36.0 Å². The molecule has 1 atom stereocenters. The molecule has 0 saturated carbocycles. The second-order valence-corrected chi connectivity index (χ2v) is 8.12. The van der Waals surface area contributed by atoms with E-state index in [9.17, 15) is 9.59 Å². The maximum Gasteiger partial charge on any atom is 0.292 e. The van der Waals surface area contributed by atoms with Crippen LogP contribution in [0.4, 0.5) is 11.4 Å². The van der Waals surface area contributed by atoms with Crippen LogP contribution in [0.3, 0.4) is 0 Å². The van der Waals surface area contributed by atoms with Crippen molar-refractivity contribution in [3.8, 4) is 0 Å². The third kappa shape index (κ3) is 3.39. The van der Waals surface area contributed by atoms with Crippen molar-refractivity contribution >= 4 is 46.4 Å². The summed E-state index contributed by atoms with van der Waals surface area (Å²) in [5, 5.41) is 1.29. The first-order valence-corrected chi connectivity index (χ1v) is 10.2. The first-order valence-electron chi connectivity index (χ1n) is 9.43. The lowest BCUT2D eigenvalue weighted by molar-refractivity contribution is -0.915. The summed E-state index contributed by atoms with van der Waals surface area (Å²) in [4.78, 5) is 30.5. The molecule has 4 rings (SSSR count). The topological polar surface area (TPSA) is 45.1 Å². The van der Waals surface area contributed by atoms with Crippen LogP contribution in [0.5, 0.6) is 0 Å². The Kier molecular flexibility index (Phi) is 5.32. The Hall–Kier alpha value is -2.08. The van der Waals surface area contributed by atoms with Gasteiger partial charge in [0.15, 0.2) is 6.04 Å². The summed E-state index contributed by atoms with van der Waals surface area (Å²) in [7, 11) is 0. The molecule has 2 amide bonds. The summed E-state index contributed by atoms with van der Waals surface area (Å²) < 4.78 is 0. The number of benzene rings is 2. The standard InChI is InChI=1S/C21H21Cl2N3O2/c1-14-15(22)6-4-8-17(14)26-20(27)13-19(21(26)28)25-11-9-24(10-12-25)18-7-3-2-5-16(18)23/h2-8,19H,9-13H2,1H3/p+1/t19-/m1/s1. The number of para-hydroxylation sites is 1. The number of piperazine rings is 1. The van der Waals surface area contributed by atoms with E-state index in [2.05, 4.69) is 4.90 Å². The number of anilines is 2. The van der Waals surface area contributed by atoms with E-state index in [4.69, 9.17) is 23.2 Å². The Morgan fingerprint density at radius 2 is 1.57 bits per heavy atom. The molecular formula is C21H22Cl2N3O2+. The zero-order valence-corrected chi connectivity index (χ0v) is 17.1. The van der Waals surface area contributed by atoms with Crippen molar-refractivity contribution in [1.29, 1.82) is 0 Å². The van der Waals surface area contributed by atoms with Gasteiger partial charge in [-0.05, 0) is 36.8 Å². The molecule has 2 aliphatic rings. The molecule has 2 aromatic rings. The molecule has 0 unspecified atom stereocenters. The molecule has 0 spiro atoms. The van der Waals surface area contributed by atoms with Gasteiger partial charge in [0.1, 0.15) is 0 Å². The number of amides is 2. The highest BCUT2D eigenvalue weighted by atomic mass is 35.5. The fourth-order valence-corrected chi connectivity index (χ4v) is 4.56. The van der Waals surface area contributed by atoms with Crippen LogP contribution in [0.15, 0.2) is 42.5 Å². The van der Waals surface area contributed by atoms with Gasteiger partial charge in [0.25, 0.3) is 5.91 Å². The molecule has 2 aromatic carbocycles. The predicted octanol–water partition coefficient (Wildman–Crippen LogP) is 2.34. The zero-order chi connectivity index (χ0) is 19.8. The van der Waals surface area contributed by atoms with Gasteiger partial charge in [-0.3, -0.25) is 9.59 Å². The van der Waals surface area contributed by atoms with Gasteiger partial charge < -0.3 is 9.80 Å². The van der Waals surface area contributed by atoms with Crippen LogP contribution in [-0.4, -0.2) is 44.0 Å². The lowest BCUT2D eigenvalue weighted by Crippen LogP contribution is -3.19. The molecule has 0 aromatic heterocycles. The average Bonchev–Trinajstić information content (AvgIpc) is 2.99. The second kappa shape index (κ2) is 7.74. The van der Waals surface area contributed by atoms with Crippen molar-refractivity contribution < 1.29 is 14.5 Å². The van der Waals surface area contributed by atoms with Crippen molar-refractivity contribution in [3.63, 3.8) is 0 Å². The minimum atomic E-state index is -0.334. The molecule has 1 N–H and O–H groups in total. The molecule has 2 fully saturated rings. The van der Waals surface area contributed by atoms with E-state index in [0.29, 0.717) is 10.7 Å². The molecular weight excluding hydrogens is 397 g/mol. The quantitative estimate of drug-likeness (QED) is 0.777. The van der Waals surface area contributed by atoms with E-state index in [-0.39, 0.29) is 24.3 Å². The van der Waals surface area contributed by atoms with Gasteiger partial charge >= 0.3 is 0 Å². The van der Waals surface area contributed by atoms with Crippen molar-refractivity contribution in [3.05, 3.63) is 58.1 Å². The normalized spacial score (nSPS) is 20.9. The van der Waals surface area contributed by atoms with Crippen LogP contribution < -0.4 is 14.7 Å². The largest absolute Gasteiger partial charge is 0.359 e. The van der Waals surface area contributed by atoms with E-state index in [0.717, 1.165) is 47.4 Å². The Balaban J connectivity index is 1.48. The van der Waals surface area contributed by atoms with Gasteiger partial charge in [-0.15, -0.1) is 0 Å². The van der Waals surface area contributed by atoms with Gasteiger partial charge in [0.05, 0.1) is 49.0 Å². The highest BCUT2D eigenvalue weighted by molar-refractivity contribution is 6.33. The van der Waals surface area contributed by atoms with E-state index in [1.165, 1.54) is 4.90 Å². The number of nitrogens with zero attached hydrogens (tertiary/aromatic N) is 2. The summed E-state index contributed by atoms with van der Waals surface area (Å²) in [6, 6.07) is 12.8. The molecule has 7 heteroatoms. The Labute approximate surface area is 174 Å². The molecule has 2 heterocycles. The second-order valence-electron chi connectivity index (χ2n) is 7.30. The number of nitrogens with one attached hydrogen (secondary N) is 1. The van der Waals surface area contributed by atoms with E-state index < -0.39 is 0 Å². The van der Waals surface area contributed by atoms with Crippen LogP contribution >= 0.6 is 23.2 Å². The molecule has 2 aliphatic heterocycles. The average molecular weight is 419 g/mol. The lowest BCUT2D eigenvalue weighted by Gasteiger charge is -2.36. The fourth-order valence-electron chi connectivity index (χ4n) is 4.13. The summed E-state index contributed by atoms with van der Waals surface area (Å²) >= 11 is 12.5.